The van der Waals surface area contributed by atoms with Crippen molar-refractivity contribution in [3.63, 3.8) is 0 Å². The zero-order chi connectivity index (χ0) is 31.3. The Kier molecular flexibility index (Phi) is 31.1. The molecule has 0 aromatic heterocycles. The van der Waals surface area contributed by atoms with E-state index in [1.54, 1.807) is 0 Å². The Morgan fingerprint density at radius 3 is 1.35 bits per heavy atom. The second-order valence-electron chi connectivity index (χ2n) is 10.5. The number of carbonyl (C=O) groups excluding carboxylic acids is 4. The van der Waals surface area contributed by atoms with Crippen molar-refractivity contribution in [2.24, 2.45) is 17.6 Å². The smallest absolute Gasteiger partial charge is 0.365 e. The molecule has 0 aliphatic carbocycles. The molecule has 0 amide bonds. The molecule has 11 heteroatoms. The third-order valence-corrected chi connectivity index (χ3v) is 6.12. The number of carbonyl (C=O) groups is 4. The summed E-state index contributed by atoms with van der Waals surface area (Å²) in [7, 11) is 0. The van der Waals surface area contributed by atoms with Gasteiger partial charge in [0.25, 0.3) is 0 Å². The third-order valence-electron chi connectivity index (χ3n) is 6.12. The van der Waals surface area contributed by atoms with Crippen LogP contribution in [0.4, 0.5) is 0 Å². The predicted octanol–water partition coefficient (Wildman–Crippen LogP) is 2.27. The van der Waals surface area contributed by atoms with Gasteiger partial charge in [-0.05, 0) is 29.9 Å². The van der Waals surface area contributed by atoms with Crippen molar-refractivity contribution in [2.45, 2.75) is 101 Å². The van der Waals surface area contributed by atoms with Crippen LogP contribution in [0, 0.1) is 11.8 Å². The van der Waals surface area contributed by atoms with Gasteiger partial charge in [-0.25, -0.2) is 4.79 Å². The van der Waals surface area contributed by atoms with Crippen LogP contribution in [0.1, 0.15) is 86.8 Å². The summed E-state index contributed by atoms with van der Waals surface area (Å²) in [6.07, 6.45) is 1.36. The van der Waals surface area contributed by atoms with Gasteiger partial charge in [0.15, 0.2) is 6.04 Å². The van der Waals surface area contributed by atoms with E-state index in [0.717, 1.165) is 11.1 Å². The number of hydrogen-bond donors (Lipinski definition) is 2. The molecule has 0 bridgehead atoms. The van der Waals surface area contributed by atoms with E-state index < -0.39 is 12.0 Å². The first-order chi connectivity index (χ1) is 20.0. The van der Waals surface area contributed by atoms with Crippen molar-refractivity contribution < 1.29 is 56.3 Å². The monoisotopic (exact) mass is 670 g/mol. The Bertz CT molecular complexity index is 983. The maximum atomic E-state index is 11.5. The van der Waals surface area contributed by atoms with Crippen molar-refractivity contribution >= 4 is 23.9 Å². The first-order valence-corrected chi connectivity index (χ1v) is 14.3. The fraction of sp³-hybridized carbons (Fsp3) is 0.543. The van der Waals surface area contributed by atoms with Crippen LogP contribution in [0.15, 0.2) is 60.7 Å². The highest BCUT2D eigenvalue weighted by molar-refractivity contribution is 5.76. The van der Waals surface area contributed by atoms with Crippen LogP contribution in [-0.2, 0) is 51.3 Å². The predicted molar refractivity (Wildman–Crippen MR) is 177 cm³/mol. The normalized spacial score (nSPS) is 11.0. The van der Waals surface area contributed by atoms with Crippen molar-refractivity contribution in [3.8, 4) is 0 Å². The van der Waals surface area contributed by atoms with Gasteiger partial charge in [-0.15, -0.1) is 0 Å². The molecule has 0 radical (unpaired) electrons. The number of quaternary nitrogens is 1. The van der Waals surface area contributed by atoms with Crippen LogP contribution in [0.5, 0.6) is 0 Å². The molecule has 2 aromatic rings. The number of hydrogen-bond acceptors (Lipinski definition) is 9. The van der Waals surface area contributed by atoms with Crippen LogP contribution < -0.4 is 23.9 Å². The van der Waals surface area contributed by atoms with Crippen molar-refractivity contribution in [3.05, 3.63) is 71.8 Å². The molecule has 10 nitrogen and oxygen atoms in total. The molecule has 0 fully saturated rings. The molecule has 2 rings (SSSR count). The Morgan fingerprint density at radius 2 is 1.00 bits per heavy atom. The number of esters is 4. The van der Waals surface area contributed by atoms with Crippen LogP contribution in [0.25, 0.3) is 0 Å². The Labute approximate surface area is 283 Å². The molecule has 264 valence electrons. The lowest BCUT2D eigenvalue weighted by molar-refractivity contribution is -0.418. The molecule has 0 spiro atoms. The molecule has 2 aromatic carbocycles. The Hall–Kier alpha value is -3.47. The highest BCUT2D eigenvalue weighted by Gasteiger charge is 2.22. The SMILES string of the molecule is C.C.C.CC(C)[C@H](N)C(=O)OCCCC(=O)OCc1ccccc1.CC(C)[C@H]([NH3+])C(=O)OCCCC(=O)OCc1ccccc1.[Cl-]. The van der Waals surface area contributed by atoms with Crippen molar-refractivity contribution in [1.82, 2.24) is 0 Å². The van der Waals surface area contributed by atoms with E-state index in [9.17, 15) is 19.2 Å². The van der Waals surface area contributed by atoms with Gasteiger partial charge in [-0.1, -0.05) is 111 Å². The van der Waals surface area contributed by atoms with E-state index in [1.165, 1.54) is 0 Å². The molecule has 5 N–H and O–H groups in total. The quantitative estimate of drug-likeness (QED) is 0.155. The zero-order valence-corrected chi connectivity index (χ0v) is 26.4. The van der Waals surface area contributed by atoms with E-state index in [4.69, 9.17) is 24.7 Å². The molecule has 0 saturated heterocycles. The lowest BCUT2D eigenvalue weighted by Gasteiger charge is -2.14. The van der Waals surface area contributed by atoms with Gasteiger partial charge in [-0.2, -0.15) is 0 Å². The largest absolute Gasteiger partial charge is 1.00 e. The average molecular weight is 671 g/mol. The first-order valence-electron chi connectivity index (χ1n) is 14.3. The van der Waals surface area contributed by atoms with Gasteiger partial charge in [-0.3, -0.25) is 14.4 Å². The van der Waals surface area contributed by atoms with Gasteiger partial charge >= 0.3 is 23.9 Å². The summed E-state index contributed by atoms with van der Waals surface area (Å²) in [5.41, 5.74) is 11.3. The van der Waals surface area contributed by atoms with Crippen LogP contribution in [-0.4, -0.2) is 49.2 Å². The van der Waals surface area contributed by atoms with E-state index >= 15 is 0 Å². The average Bonchev–Trinajstić information content (AvgIpc) is 2.99. The fourth-order valence-corrected chi connectivity index (χ4v) is 3.15. The van der Waals surface area contributed by atoms with Crippen molar-refractivity contribution in [2.75, 3.05) is 13.2 Å². The topological polar surface area (TPSA) is 159 Å². The number of benzene rings is 2. The summed E-state index contributed by atoms with van der Waals surface area (Å²) in [6, 6.07) is 18.0. The van der Waals surface area contributed by atoms with Gasteiger partial charge in [0.1, 0.15) is 19.3 Å². The van der Waals surface area contributed by atoms with Gasteiger partial charge in [0.05, 0.1) is 13.2 Å². The summed E-state index contributed by atoms with van der Waals surface area (Å²) in [5.74, 6) is -1.15. The summed E-state index contributed by atoms with van der Waals surface area (Å²) in [5, 5.41) is 0. The molecule has 2 atom stereocenters. The van der Waals surface area contributed by atoms with Crippen LogP contribution >= 0.6 is 0 Å². The van der Waals surface area contributed by atoms with E-state index in [-0.39, 0.29) is 110 Å². The second-order valence-corrected chi connectivity index (χ2v) is 10.5. The third kappa shape index (κ3) is 23.0. The Balaban J connectivity index is -0.000000353. The minimum Gasteiger partial charge on any atom is -1.00 e. The number of nitrogens with two attached hydrogens (primary N) is 1. The molecule has 46 heavy (non-hydrogen) atoms. The summed E-state index contributed by atoms with van der Waals surface area (Å²) >= 11 is 0. The minimum atomic E-state index is -0.616. The lowest BCUT2D eigenvalue weighted by Crippen LogP contribution is -3.00. The van der Waals surface area contributed by atoms with Crippen LogP contribution in [0.3, 0.4) is 0 Å². The van der Waals surface area contributed by atoms with Gasteiger partial charge in [0.2, 0.25) is 0 Å². The summed E-state index contributed by atoms with van der Waals surface area (Å²) < 4.78 is 20.3. The fourth-order valence-electron chi connectivity index (χ4n) is 3.15. The standard InChI is InChI=1S/2C16H23NO4.3CH4.ClH/c2*1-12(2)15(17)16(19)20-10-6-9-14(18)21-11-13-7-4-3-5-8-13;;;;/h2*3-5,7-8,12,15H,6,9-11,17H2,1-2H3;3*1H4;1H/t2*15-;;;;/m00..../s1. The van der Waals surface area contributed by atoms with Gasteiger partial charge in [0, 0.05) is 18.8 Å². The maximum absolute atomic E-state index is 11.5. The van der Waals surface area contributed by atoms with E-state index in [1.807, 2.05) is 88.4 Å². The molecule has 0 aliphatic rings. The minimum absolute atomic E-state index is 0. The summed E-state index contributed by atoms with van der Waals surface area (Å²) in [6.45, 7) is 8.47. The molecule has 0 aliphatic heterocycles. The molecular formula is C35H59ClN2O8. The second kappa shape index (κ2) is 29.0. The highest BCUT2D eigenvalue weighted by atomic mass is 35.5. The lowest BCUT2D eigenvalue weighted by atomic mass is 10.1. The van der Waals surface area contributed by atoms with E-state index in [2.05, 4.69) is 5.73 Å². The highest BCUT2D eigenvalue weighted by Crippen LogP contribution is 2.06. The molecule has 0 saturated carbocycles. The van der Waals surface area contributed by atoms with E-state index in [0.29, 0.717) is 12.8 Å². The molecular weight excluding hydrogens is 612 g/mol. The number of halogens is 1. The number of ether oxygens (including phenoxy) is 4. The number of rotatable bonds is 16. The van der Waals surface area contributed by atoms with Crippen molar-refractivity contribution in [1.29, 1.82) is 0 Å². The Morgan fingerprint density at radius 1 is 0.630 bits per heavy atom. The summed E-state index contributed by atoms with van der Waals surface area (Å²) in [4.78, 5) is 46.1. The van der Waals surface area contributed by atoms with Crippen LogP contribution in [0.2, 0.25) is 0 Å². The zero-order valence-electron chi connectivity index (χ0n) is 25.7. The molecule has 0 heterocycles. The molecule has 0 unspecified atom stereocenters. The van der Waals surface area contributed by atoms with Gasteiger partial charge < -0.3 is 42.8 Å². The maximum Gasteiger partial charge on any atom is 0.365 e. The first kappa shape index (κ1) is 49.4.